The first-order valence-electron chi connectivity index (χ1n) is 28.5. The average Bonchev–Trinajstić information content (AvgIpc) is 3.28. The zero-order valence-electron chi connectivity index (χ0n) is 42.6. The molecule has 0 aromatic heterocycles. The molecule has 0 spiro atoms. The van der Waals surface area contributed by atoms with Crippen molar-refractivity contribution in [1.82, 2.24) is 5.32 Å². The second-order valence-electron chi connectivity index (χ2n) is 19.6. The summed E-state index contributed by atoms with van der Waals surface area (Å²) in [5.74, 6) is -0.0713. The van der Waals surface area contributed by atoms with Gasteiger partial charge in [0.25, 0.3) is 0 Å². The second-order valence-corrected chi connectivity index (χ2v) is 19.6. The first-order valence-corrected chi connectivity index (χ1v) is 28.5. The molecule has 0 rings (SSSR count). The lowest BCUT2D eigenvalue weighted by molar-refractivity contribution is -0.143. The second kappa shape index (κ2) is 53.2. The van der Waals surface area contributed by atoms with Gasteiger partial charge in [-0.15, -0.1) is 0 Å². The summed E-state index contributed by atoms with van der Waals surface area (Å²) in [7, 11) is 0. The summed E-state index contributed by atoms with van der Waals surface area (Å²) >= 11 is 0. The first-order chi connectivity index (χ1) is 31.0. The van der Waals surface area contributed by atoms with Crippen molar-refractivity contribution in [3.05, 3.63) is 12.2 Å². The molecule has 374 valence electrons. The highest BCUT2D eigenvalue weighted by molar-refractivity contribution is 5.76. The van der Waals surface area contributed by atoms with E-state index in [1.165, 1.54) is 244 Å². The molecular weight excluding hydrogens is 779 g/mol. The lowest BCUT2D eigenvalue weighted by atomic mass is 10.0. The molecule has 6 nitrogen and oxygen atoms in total. The van der Waals surface area contributed by atoms with Gasteiger partial charge in [0.15, 0.2) is 0 Å². The summed E-state index contributed by atoms with van der Waals surface area (Å²) in [6.07, 6.45) is 62.2. The number of carbonyl (C=O) groups excluding carboxylic acids is 2. The molecule has 0 aliphatic carbocycles. The van der Waals surface area contributed by atoms with Crippen molar-refractivity contribution in [1.29, 1.82) is 0 Å². The predicted octanol–water partition coefficient (Wildman–Crippen LogP) is 17.3. The summed E-state index contributed by atoms with van der Waals surface area (Å²) in [4.78, 5) is 24.5. The van der Waals surface area contributed by atoms with Gasteiger partial charge in [-0.25, -0.2) is 0 Å². The number of aliphatic hydroxyl groups is 2. The minimum Gasteiger partial charge on any atom is -0.466 e. The molecule has 0 heterocycles. The van der Waals surface area contributed by atoms with E-state index < -0.39 is 12.1 Å². The van der Waals surface area contributed by atoms with Gasteiger partial charge >= 0.3 is 5.97 Å². The maximum absolute atomic E-state index is 12.5. The van der Waals surface area contributed by atoms with Gasteiger partial charge in [-0.05, 0) is 32.1 Å². The number of hydrogen-bond acceptors (Lipinski definition) is 5. The Hall–Kier alpha value is -1.40. The summed E-state index contributed by atoms with van der Waals surface area (Å²) in [5.41, 5.74) is 0. The summed E-state index contributed by atoms with van der Waals surface area (Å²) in [6, 6.07) is -0.633. The Morgan fingerprint density at radius 2 is 0.730 bits per heavy atom. The molecule has 63 heavy (non-hydrogen) atoms. The average molecular weight is 891 g/mol. The van der Waals surface area contributed by atoms with Crippen LogP contribution in [0.4, 0.5) is 0 Å². The highest BCUT2D eigenvalue weighted by Gasteiger charge is 2.18. The lowest BCUT2D eigenvalue weighted by Crippen LogP contribution is -2.45. The van der Waals surface area contributed by atoms with E-state index in [9.17, 15) is 19.8 Å². The Morgan fingerprint density at radius 1 is 0.429 bits per heavy atom. The van der Waals surface area contributed by atoms with Crippen LogP contribution in [0.1, 0.15) is 316 Å². The number of unbranched alkanes of at least 4 members (excludes halogenated alkanes) is 42. The number of ether oxygens (including phenoxy) is 1. The smallest absolute Gasteiger partial charge is 0.305 e. The molecule has 0 aliphatic heterocycles. The Labute approximate surface area is 393 Å². The Balaban J connectivity index is 3.44. The molecule has 0 saturated heterocycles. The van der Waals surface area contributed by atoms with Crippen LogP contribution in [0, 0.1) is 0 Å². The molecule has 0 saturated carbocycles. The van der Waals surface area contributed by atoms with Crippen LogP contribution in [0.5, 0.6) is 0 Å². The first kappa shape index (κ1) is 61.6. The number of amides is 1. The van der Waals surface area contributed by atoms with E-state index in [2.05, 4.69) is 19.2 Å². The Morgan fingerprint density at radius 3 is 1.08 bits per heavy atom. The lowest BCUT2D eigenvalue weighted by Gasteiger charge is -2.20. The van der Waals surface area contributed by atoms with Crippen LogP contribution >= 0.6 is 0 Å². The molecule has 2 unspecified atom stereocenters. The van der Waals surface area contributed by atoms with Crippen LogP contribution in [-0.4, -0.2) is 47.4 Å². The van der Waals surface area contributed by atoms with E-state index in [1.807, 2.05) is 6.08 Å². The third-order valence-corrected chi connectivity index (χ3v) is 13.3. The number of nitrogens with one attached hydrogen (secondary N) is 1. The highest BCUT2D eigenvalue weighted by atomic mass is 16.5. The van der Waals surface area contributed by atoms with Crippen molar-refractivity contribution < 1.29 is 24.5 Å². The molecule has 0 fully saturated rings. The molecule has 3 N–H and O–H groups in total. The fourth-order valence-corrected chi connectivity index (χ4v) is 8.93. The monoisotopic (exact) mass is 890 g/mol. The molecule has 1 amide bonds. The SMILES string of the molecule is CCCCCCCCCCCCCCCC/C=C/C(O)C(CO)NC(=O)CCCCCCCCCCCCCCCCCOC(=O)CCCCCCCCCCCCCCCCC. The minimum atomic E-state index is -0.849. The molecule has 0 aromatic carbocycles. The van der Waals surface area contributed by atoms with Crippen molar-refractivity contribution in [2.75, 3.05) is 13.2 Å². The van der Waals surface area contributed by atoms with Crippen LogP contribution in [0.15, 0.2) is 12.2 Å². The molecule has 0 aromatic rings. The molecule has 2 atom stereocenters. The number of hydrogen-bond donors (Lipinski definition) is 3. The number of esters is 1. The van der Waals surface area contributed by atoms with Crippen LogP contribution in [0.3, 0.4) is 0 Å². The topological polar surface area (TPSA) is 95.9 Å². The van der Waals surface area contributed by atoms with Crippen molar-refractivity contribution >= 4 is 11.9 Å². The summed E-state index contributed by atoms with van der Waals surface area (Å²) < 4.78 is 5.48. The third kappa shape index (κ3) is 49.9. The van der Waals surface area contributed by atoms with Crippen molar-refractivity contribution in [2.24, 2.45) is 0 Å². The maximum atomic E-state index is 12.5. The Bertz CT molecular complexity index is 939. The number of carbonyl (C=O) groups is 2. The van der Waals surface area contributed by atoms with Crippen molar-refractivity contribution in [3.63, 3.8) is 0 Å². The maximum Gasteiger partial charge on any atom is 0.305 e. The van der Waals surface area contributed by atoms with Gasteiger partial charge in [-0.3, -0.25) is 9.59 Å². The largest absolute Gasteiger partial charge is 0.466 e. The van der Waals surface area contributed by atoms with Crippen molar-refractivity contribution in [3.8, 4) is 0 Å². The summed E-state index contributed by atoms with van der Waals surface area (Å²) in [6.45, 7) is 4.91. The predicted molar refractivity (Wildman–Crippen MR) is 273 cm³/mol. The standard InChI is InChI=1S/C57H111NO5/c1-3-5-7-9-11-13-15-17-19-22-25-29-33-37-41-45-49-55(60)54(53-59)58-56(61)50-46-42-38-34-30-26-23-20-24-28-32-36-40-44-48-52-63-57(62)51-47-43-39-35-31-27-21-18-16-14-12-10-8-6-4-2/h45,49,54-55,59-60H,3-44,46-48,50-53H2,1-2H3,(H,58,61)/b49-45+. The zero-order chi connectivity index (χ0) is 45.8. The molecular formula is C57H111NO5. The number of aliphatic hydroxyl groups excluding tert-OH is 2. The minimum absolute atomic E-state index is 0.00293. The zero-order valence-corrected chi connectivity index (χ0v) is 42.6. The van der Waals surface area contributed by atoms with Gasteiger partial charge in [0.05, 0.1) is 25.4 Å². The van der Waals surface area contributed by atoms with E-state index in [0.29, 0.717) is 19.4 Å². The molecule has 6 heteroatoms. The third-order valence-electron chi connectivity index (χ3n) is 13.3. The normalized spacial score (nSPS) is 12.6. The quantitative estimate of drug-likeness (QED) is 0.0321. The molecule has 0 aliphatic rings. The van der Waals surface area contributed by atoms with Crippen LogP contribution in [-0.2, 0) is 14.3 Å². The van der Waals surface area contributed by atoms with Crippen molar-refractivity contribution in [2.45, 2.75) is 328 Å². The summed E-state index contributed by atoms with van der Waals surface area (Å²) in [5, 5.41) is 23.1. The number of allylic oxidation sites excluding steroid dienone is 1. The van der Waals surface area contributed by atoms with E-state index in [1.54, 1.807) is 6.08 Å². The van der Waals surface area contributed by atoms with Gasteiger partial charge in [-0.1, -0.05) is 283 Å². The van der Waals surface area contributed by atoms with E-state index >= 15 is 0 Å². The van der Waals surface area contributed by atoms with E-state index in [4.69, 9.17) is 4.74 Å². The molecule has 0 bridgehead atoms. The van der Waals surface area contributed by atoms with Crippen LogP contribution in [0.25, 0.3) is 0 Å². The van der Waals surface area contributed by atoms with Gasteiger partial charge in [0.1, 0.15) is 0 Å². The van der Waals surface area contributed by atoms with Gasteiger partial charge in [0.2, 0.25) is 5.91 Å². The number of rotatable bonds is 53. The van der Waals surface area contributed by atoms with Gasteiger partial charge in [0, 0.05) is 12.8 Å². The fraction of sp³-hybridized carbons (Fsp3) is 0.930. The van der Waals surface area contributed by atoms with E-state index in [-0.39, 0.29) is 18.5 Å². The van der Waals surface area contributed by atoms with E-state index in [0.717, 1.165) is 44.9 Å². The fourth-order valence-electron chi connectivity index (χ4n) is 8.93. The molecule has 0 radical (unpaired) electrons. The van der Waals surface area contributed by atoms with Crippen LogP contribution < -0.4 is 5.32 Å². The van der Waals surface area contributed by atoms with Gasteiger partial charge in [-0.2, -0.15) is 0 Å². The highest BCUT2D eigenvalue weighted by Crippen LogP contribution is 2.17. The van der Waals surface area contributed by atoms with Crippen LogP contribution in [0.2, 0.25) is 0 Å². The Kier molecular flexibility index (Phi) is 52.0. The van der Waals surface area contributed by atoms with Gasteiger partial charge < -0.3 is 20.3 Å².